The first-order valence-corrected chi connectivity index (χ1v) is 5.40. The van der Waals surface area contributed by atoms with Gasteiger partial charge in [0, 0.05) is 6.26 Å². The molecule has 0 aromatic heterocycles. The molecule has 6 heteroatoms. The topological polar surface area (TPSA) is 34.1 Å². The minimum Gasteiger partial charge on any atom is -0.224 e. The summed E-state index contributed by atoms with van der Waals surface area (Å²) in [7, 11) is -3.87. The van der Waals surface area contributed by atoms with Crippen LogP contribution in [0.3, 0.4) is 0 Å². The average molecular weight is 223 g/mol. The van der Waals surface area contributed by atoms with Crippen molar-refractivity contribution in [1.82, 2.24) is 0 Å². The van der Waals surface area contributed by atoms with Crippen molar-refractivity contribution in [3.63, 3.8) is 0 Å². The number of hydrogen-bond acceptors (Lipinski definition) is 2. The Hall–Kier alpha value is -1.04. The van der Waals surface area contributed by atoms with Crippen LogP contribution in [0, 0.1) is 6.07 Å². The normalized spacial score (nSPS) is 12.9. The van der Waals surface area contributed by atoms with E-state index in [1.165, 1.54) is 6.07 Å². The summed E-state index contributed by atoms with van der Waals surface area (Å²) >= 11 is 0. The van der Waals surface area contributed by atoms with Crippen molar-refractivity contribution in [3.8, 4) is 0 Å². The minimum absolute atomic E-state index is 0.728. The summed E-state index contributed by atoms with van der Waals surface area (Å²) in [5.41, 5.74) is -1.25. The van der Waals surface area contributed by atoms with Crippen LogP contribution in [0.4, 0.5) is 13.2 Å². The third-order valence-corrected chi connectivity index (χ3v) is 2.64. The van der Waals surface area contributed by atoms with E-state index < -0.39 is 26.5 Å². The van der Waals surface area contributed by atoms with Gasteiger partial charge >= 0.3 is 6.18 Å². The van der Waals surface area contributed by atoms with Crippen LogP contribution in [0.5, 0.6) is 0 Å². The van der Waals surface area contributed by atoms with Gasteiger partial charge in [-0.25, -0.2) is 8.42 Å². The highest BCUT2D eigenvalue weighted by atomic mass is 32.2. The van der Waals surface area contributed by atoms with Crippen LogP contribution < -0.4 is 0 Å². The smallest absolute Gasteiger partial charge is 0.224 e. The summed E-state index contributed by atoms with van der Waals surface area (Å²) in [4.78, 5) is -0.743. The van der Waals surface area contributed by atoms with Crippen molar-refractivity contribution in [2.45, 2.75) is 11.1 Å². The molecule has 2 nitrogen and oxygen atoms in total. The fourth-order valence-electron chi connectivity index (χ4n) is 0.952. The molecule has 0 saturated heterocycles. The lowest BCUT2D eigenvalue weighted by molar-refractivity contribution is -0.140. The molecule has 0 saturated carbocycles. The molecular formula is C8H6F3O2S. The number of alkyl halides is 3. The van der Waals surface area contributed by atoms with Gasteiger partial charge in [0.25, 0.3) is 0 Å². The van der Waals surface area contributed by atoms with E-state index in [0.29, 0.717) is 0 Å². The van der Waals surface area contributed by atoms with Crippen molar-refractivity contribution in [3.05, 3.63) is 29.8 Å². The second kappa shape index (κ2) is 3.27. The third-order valence-electron chi connectivity index (χ3n) is 1.50. The van der Waals surface area contributed by atoms with Gasteiger partial charge < -0.3 is 0 Å². The van der Waals surface area contributed by atoms with E-state index in [-0.39, 0.29) is 0 Å². The van der Waals surface area contributed by atoms with Crippen LogP contribution in [0.1, 0.15) is 5.56 Å². The zero-order valence-corrected chi connectivity index (χ0v) is 7.91. The number of sulfone groups is 1. The standard InChI is InChI=1S/C8H6F3O2S/c1-14(12,13)7-5-3-2-4-6(7)8(9,10)11/h2-3,5H,1H3. The zero-order chi connectivity index (χ0) is 11.0. The van der Waals surface area contributed by atoms with E-state index in [2.05, 4.69) is 0 Å². The molecule has 0 atom stereocenters. The molecule has 0 fully saturated rings. The third kappa shape index (κ3) is 2.25. The lowest BCUT2D eigenvalue weighted by Gasteiger charge is -2.09. The van der Waals surface area contributed by atoms with Crippen LogP contribution in [-0.2, 0) is 16.0 Å². The SMILES string of the molecule is CS(=O)(=O)c1ccc[c]c1C(F)(F)F. The monoisotopic (exact) mass is 223 g/mol. The van der Waals surface area contributed by atoms with Crippen molar-refractivity contribution < 1.29 is 21.6 Å². The summed E-state index contributed by atoms with van der Waals surface area (Å²) in [6.45, 7) is 0. The van der Waals surface area contributed by atoms with Crippen LogP contribution in [-0.4, -0.2) is 14.7 Å². The number of rotatable bonds is 1. The Kier molecular flexibility index (Phi) is 2.58. The minimum atomic E-state index is -4.69. The highest BCUT2D eigenvalue weighted by Gasteiger charge is 2.35. The predicted molar refractivity (Wildman–Crippen MR) is 43.4 cm³/mol. The zero-order valence-electron chi connectivity index (χ0n) is 7.09. The predicted octanol–water partition coefficient (Wildman–Crippen LogP) is 1.91. The maximum absolute atomic E-state index is 12.3. The lowest BCUT2D eigenvalue weighted by atomic mass is 10.2. The Morgan fingerprint density at radius 2 is 1.93 bits per heavy atom. The summed E-state index contributed by atoms with van der Waals surface area (Å²) < 4.78 is 58.8. The van der Waals surface area contributed by atoms with Crippen molar-refractivity contribution in [2.75, 3.05) is 6.26 Å². The number of halogens is 3. The summed E-state index contributed by atoms with van der Waals surface area (Å²) in [6, 6.07) is 5.02. The van der Waals surface area contributed by atoms with E-state index in [9.17, 15) is 21.6 Å². The summed E-state index contributed by atoms with van der Waals surface area (Å²) in [5.74, 6) is 0. The second-order valence-corrected chi connectivity index (χ2v) is 4.66. The fraction of sp³-hybridized carbons (Fsp3) is 0.250. The van der Waals surface area contributed by atoms with Crippen LogP contribution >= 0.6 is 0 Å². The Labute approximate surface area is 79.3 Å². The van der Waals surface area contributed by atoms with Crippen molar-refractivity contribution in [2.24, 2.45) is 0 Å². The Morgan fingerprint density at radius 3 is 2.29 bits per heavy atom. The van der Waals surface area contributed by atoms with Gasteiger partial charge in [-0.3, -0.25) is 0 Å². The van der Waals surface area contributed by atoms with Gasteiger partial charge in [-0.1, -0.05) is 12.1 Å². The molecule has 0 spiro atoms. The van der Waals surface area contributed by atoms with E-state index in [1.54, 1.807) is 0 Å². The van der Waals surface area contributed by atoms with Gasteiger partial charge in [-0.15, -0.1) is 0 Å². The van der Waals surface area contributed by atoms with Gasteiger partial charge in [0.2, 0.25) is 0 Å². The van der Waals surface area contributed by atoms with E-state index in [4.69, 9.17) is 0 Å². The summed E-state index contributed by atoms with van der Waals surface area (Å²) in [6.07, 6.45) is -3.97. The molecule has 0 aliphatic carbocycles. The fourth-order valence-corrected chi connectivity index (χ4v) is 1.82. The van der Waals surface area contributed by atoms with Crippen molar-refractivity contribution in [1.29, 1.82) is 0 Å². The second-order valence-electron chi connectivity index (χ2n) is 2.68. The van der Waals surface area contributed by atoms with Gasteiger partial charge in [0.15, 0.2) is 9.84 Å². The first-order chi connectivity index (χ1) is 6.23. The molecule has 0 aliphatic heterocycles. The number of hydrogen-bond donors (Lipinski definition) is 0. The van der Waals surface area contributed by atoms with E-state index >= 15 is 0 Å². The first-order valence-electron chi connectivity index (χ1n) is 3.51. The Morgan fingerprint density at radius 1 is 1.36 bits per heavy atom. The quantitative estimate of drug-likeness (QED) is 0.728. The molecule has 1 aromatic rings. The van der Waals surface area contributed by atoms with Gasteiger partial charge in [0.1, 0.15) is 0 Å². The molecule has 77 valence electrons. The molecule has 14 heavy (non-hydrogen) atoms. The van der Waals surface area contributed by atoms with Crippen LogP contribution in [0.15, 0.2) is 23.1 Å². The Balaban J connectivity index is 3.47. The molecule has 0 aliphatic rings. The lowest BCUT2D eigenvalue weighted by Crippen LogP contribution is -2.12. The molecule has 0 heterocycles. The van der Waals surface area contributed by atoms with Crippen molar-refractivity contribution >= 4 is 9.84 Å². The molecule has 1 aromatic carbocycles. The average Bonchev–Trinajstić information content (AvgIpc) is 2.01. The largest absolute Gasteiger partial charge is 0.418 e. The highest BCUT2D eigenvalue weighted by molar-refractivity contribution is 7.90. The van der Waals surface area contributed by atoms with Gasteiger partial charge in [-0.05, 0) is 12.1 Å². The van der Waals surface area contributed by atoms with Crippen LogP contribution in [0.25, 0.3) is 0 Å². The summed E-state index contributed by atoms with van der Waals surface area (Å²) in [5, 5.41) is 0. The molecule has 0 N–H and O–H groups in total. The van der Waals surface area contributed by atoms with Crippen LogP contribution in [0.2, 0.25) is 0 Å². The highest BCUT2D eigenvalue weighted by Crippen LogP contribution is 2.33. The maximum atomic E-state index is 12.3. The molecule has 1 radical (unpaired) electrons. The first kappa shape index (κ1) is 11.0. The molecule has 0 bridgehead atoms. The number of benzene rings is 1. The molecule has 1 rings (SSSR count). The van der Waals surface area contributed by atoms with Gasteiger partial charge in [-0.2, -0.15) is 13.2 Å². The Bertz CT molecular complexity index is 434. The molecular weight excluding hydrogens is 217 g/mol. The maximum Gasteiger partial charge on any atom is 0.418 e. The van der Waals surface area contributed by atoms with E-state index in [0.717, 1.165) is 18.4 Å². The molecule has 0 amide bonds. The molecule has 0 unspecified atom stereocenters. The van der Waals surface area contributed by atoms with Gasteiger partial charge in [0.05, 0.1) is 10.5 Å². The van der Waals surface area contributed by atoms with E-state index in [1.807, 2.05) is 6.07 Å².